The van der Waals surface area contributed by atoms with E-state index in [2.05, 4.69) is 0 Å². The van der Waals surface area contributed by atoms with Crippen molar-refractivity contribution >= 4 is 10.1 Å². The van der Waals surface area contributed by atoms with E-state index in [1.807, 2.05) is 6.07 Å². The molecule has 0 aromatic carbocycles. The molecular formula is C7H7NO4S. The van der Waals surface area contributed by atoms with Gasteiger partial charge in [0.1, 0.15) is 12.2 Å². The van der Waals surface area contributed by atoms with Crippen LogP contribution in [0, 0.1) is 11.3 Å². The highest BCUT2D eigenvalue weighted by molar-refractivity contribution is 7.88. The van der Waals surface area contributed by atoms with Gasteiger partial charge in [-0.3, -0.25) is 4.18 Å². The number of rotatable bonds is 0. The first-order valence-electron chi connectivity index (χ1n) is 4.09. The first-order valence-corrected chi connectivity index (χ1v) is 5.49. The van der Waals surface area contributed by atoms with Gasteiger partial charge in [0.15, 0.2) is 0 Å². The Morgan fingerprint density at radius 1 is 1.54 bits per heavy atom. The zero-order valence-electron chi connectivity index (χ0n) is 6.63. The molecule has 13 heavy (non-hydrogen) atoms. The normalized spacial score (nSPS) is 55.2. The fourth-order valence-corrected chi connectivity index (χ4v) is 4.15. The summed E-state index contributed by atoms with van der Waals surface area (Å²) >= 11 is 0. The molecule has 3 rings (SSSR count). The van der Waals surface area contributed by atoms with Crippen LogP contribution < -0.4 is 0 Å². The predicted octanol–water partition coefficient (Wildman–Crippen LogP) is -0.461. The van der Waals surface area contributed by atoms with Crippen LogP contribution in [0.4, 0.5) is 0 Å². The number of hydrogen-bond acceptors (Lipinski definition) is 5. The van der Waals surface area contributed by atoms with E-state index >= 15 is 0 Å². The Morgan fingerprint density at radius 3 is 2.85 bits per heavy atom. The van der Waals surface area contributed by atoms with Crippen molar-refractivity contribution in [3.8, 4) is 6.07 Å². The molecule has 0 radical (unpaired) electrons. The van der Waals surface area contributed by atoms with Gasteiger partial charge in [0.05, 0.1) is 12.2 Å². The summed E-state index contributed by atoms with van der Waals surface area (Å²) < 4.78 is 31.8. The lowest BCUT2D eigenvalue weighted by atomic mass is 9.88. The van der Waals surface area contributed by atoms with Crippen LogP contribution in [0.25, 0.3) is 0 Å². The SMILES string of the molecule is N#CC12CC3CC(OS1(=O)=O)C2O3. The van der Waals surface area contributed by atoms with Crippen molar-refractivity contribution in [2.24, 2.45) is 0 Å². The molecule has 3 fully saturated rings. The third-order valence-corrected chi connectivity index (χ3v) is 4.93. The fourth-order valence-electron chi connectivity index (χ4n) is 2.48. The molecule has 5 nitrogen and oxygen atoms in total. The van der Waals surface area contributed by atoms with Gasteiger partial charge < -0.3 is 4.74 Å². The maximum Gasteiger partial charge on any atom is 0.289 e. The first-order chi connectivity index (χ1) is 6.09. The molecule has 4 atom stereocenters. The second-order valence-electron chi connectivity index (χ2n) is 3.71. The van der Waals surface area contributed by atoms with Crippen molar-refractivity contribution in [2.75, 3.05) is 0 Å². The molecule has 2 bridgehead atoms. The smallest absolute Gasteiger partial charge is 0.289 e. The molecule has 3 aliphatic rings. The molecule has 3 aliphatic heterocycles. The maximum absolute atomic E-state index is 11.5. The molecule has 0 aliphatic carbocycles. The van der Waals surface area contributed by atoms with Crippen molar-refractivity contribution in [1.29, 1.82) is 5.26 Å². The third-order valence-electron chi connectivity index (χ3n) is 3.05. The topological polar surface area (TPSA) is 76.4 Å². The molecule has 0 amide bonds. The second-order valence-corrected chi connectivity index (χ2v) is 5.54. The van der Waals surface area contributed by atoms with Gasteiger partial charge in [-0.1, -0.05) is 0 Å². The van der Waals surface area contributed by atoms with Gasteiger partial charge in [-0.05, 0) is 0 Å². The molecule has 4 unspecified atom stereocenters. The third kappa shape index (κ3) is 0.642. The van der Waals surface area contributed by atoms with Crippen LogP contribution in [-0.4, -0.2) is 31.5 Å². The number of hydrogen-bond donors (Lipinski definition) is 0. The van der Waals surface area contributed by atoms with Crippen LogP contribution >= 0.6 is 0 Å². The van der Waals surface area contributed by atoms with Gasteiger partial charge in [-0.25, -0.2) is 0 Å². The number of nitriles is 1. The molecule has 70 valence electrons. The van der Waals surface area contributed by atoms with Crippen molar-refractivity contribution in [2.45, 2.75) is 35.9 Å². The molecule has 0 spiro atoms. The van der Waals surface area contributed by atoms with E-state index in [0.29, 0.717) is 6.42 Å². The van der Waals surface area contributed by atoms with Gasteiger partial charge in [0.2, 0.25) is 4.75 Å². The second kappa shape index (κ2) is 1.90. The van der Waals surface area contributed by atoms with Gasteiger partial charge in [-0.15, -0.1) is 0 Å². The highest BCUT2D eigenvalue weighted by atomic mass is 32.2. The van der Waals surface area contributed by atoms with Crippen molar-refractivity contribution in [3.63, 3.8) is 0 Å². The Kier molecular flexibility index (Phi) is 1.13. The largest absolute Gasteiger partial charge is 0.369 e. The minimum absolute atomic E-state index is 0.105. The van der Waals surface area contributed by atoms with E-state index in [0.717, 1.165) is 0 Å². The lowest BCUT2D eigenvalue weighted by molar-refractivity contribution is 0.0793. The summed E-state index contributed by atoms with van der Waals surface area (Å²) in [5, 5.41) is 8.91. The summed E-state index contributed by atoms with van der Waals surface area (Å²) in [5.41, 5.74) is 0. The summed E-state index contributed by atoms with van der Waals surface area (Å²) in [7, 11) is -3.73. The molecule has 0 N–H and O–H groups in total. The maximum atomic E-state index is 11.5. The summed E-state index contributed by atoms with van der Waals surface area (Å²) in [6, 6.07) is 1.85. The standard InChI is InChI=1S/C7H7NO4S/c8-3-7-2-4-1-5(6(7)11-4)12-13(7,9)10/h4-6H,1-2H2. The van der Waals surface area contributed by atoms with E-state index < -0.39 is 27.1 Å². The number of ether oxygens (including phenoxy) is 1. The van der Waals surface area contributed by atoms with Crippen LogP contribution in [0.2, 0.25) is 0 Å². The summed E-state index contributed by atoms with van der Waals surface area (Å²) in [6.45, 7) is 0. The van der Waals surface area contributed by atoms with E-state index in [1.165, 1.54) is 0 Å². The van der Waals surface area contributed by atoms with Crippen LogP contribution in [0.1, 0.15) is 12.8 Å². The minimum atomic E-state index is -3.73. The Labute approximate surface area is 75.4 Å². The van der Waals surface area contributed by atoms with E-state index in [1.54, 1.807) is 0 Å². The number of fused-ring (bicyclic) bond motifs is 1. The molecule has 3 heterocycles. The van der Waals surface area contributed by atoms with Gasteiger partial charge in [0, 0.05) is 12.8 Å². The quantitative estimate of drug-likeness (QED) is 0.495. The van der Waals surface area contributed by atoms with Crippen LogP contribution in [0.15, 0.2) is 0 Å². The lowest BCUT2D eigenvalue weighted by Gasteiger charge is -2.16. The average molecular weight is 201 g/mol. The number of nitrogens with zero attached hydrogens (tertiary/aromatic N) is 1. The zero-order valence-corrected chi connectivity index (χ0v) is 7.45. The molecule has 6 heteroatoms. The van der Waals surface area contributed by atoms with Gasteiger partial charge >= 0.3 is 0 Å². The van der Waals surface area contributed by atoms with Crippen molar-refractivity contribution in [3.05, 3.63) is 0 Å². The van der Waals surface area contributed by atoms with E-state index in [9.17, 15) is 8.42 Å². The van der Waals surface area contributed by atoms with Crippen molar-refractivity contribution in [1.82, 2.24) is 0 Å². The Morgan fingerprint density at radius 2 is 2.31 bits per heavy atom. The van der Waals surface area contributed by atoms with E-state index in [4.69, 9.17) is 14.2 Å². The Bertz CT molecular complexity index is 411. The fraction of sp³-hybridized carbons (Fsp3) is 0.857. The molecule has 0 aromatic rings. The van der Waals surface area contributed by atoms with E-state index in [-0.39, 0.29) is 12.5 Å². The summed E-state index contributed by atoms with van der Waals surface area (Å²) in [4.78, 5) is 0. The summed E-state index contributed by atoms with van der Waals surface area (Å²) in [5.74, 6) is 0. The van der Waals surface area contributed by atoms with Gasteiger partial charge in [-0.2, -0.15) is 13.7 Å². The zero-order chi connectivity index (χ0) is 9.27. The Hall–Kier alpha value is -0.640. The van der Waals surface area contributed by atoms with Crippen LogP contribution in [-0.2, 0) is 19.0 Å². The lowest BCUT2D eigenvalue weighted by Crippen LogP contribution is -2.42. The van der Waals surface area contributed by atoms with Crippen LogP contribution in [0.3, 0.4) is 0 Å². The highest BCUT2D eigenvalue weighted by Gasteiger charge is 2.72. The predicted molar refractivity (Wildman–Crippen MR) is 40.0 cm³/mol. The molecule has 0 saturated carbocycles. The molecular weight excluding hydrogens is 194 g/mol. The van der Waals surface area contributed by atoms with Gasteiger partial charge in [0.25, 0.3) is 10.1 Å². The van der Waals surface area contributed by atoms with Crippen LogP contribution in [0.5, 0.6) is 0 Å². The van der Waals surface area contributed by atoms with Crippen molar-refractivity contribution < 1.29 is 17.3 Å². The minimum Gasteiger partial charge on any atom is -0.369 e. The molecule has 0 aromatic heterocycles. The highest BCUT2D eigenvalue weighted by Crippen LogP contribution is 2.53. The first kappa shape index (κ1) is 7.74. The average Bonchev–Trinajstić information content (AvgIpc) is 2.61. The Balaban J connectivity index is 2.25. The monoisotopic (exact) mass is 201 g/mol. The summed E-state index contributed by atoms with van der Waals surface area (Å²) in [6.07, 6.45) is -0.192. The molecule has 3 saturated heterocycles.